The lowest BCUT2D eigenvalue weighted by atomic mass is 10.2. The van der Waals surface area contributed by atoms with Gasteiger partial charge in [-0.15, -0.1) is 0 Å². The van der Waals surface area contributed by atoms with Gasteiger partial charge in [-0.25, -0.2) is 4.79 Å². The van der Waals surface area contributed by atoms with Gasteiger partial charge in [-0.3, -0.25) is 5.11 Å². The van der Waals surface area contributed by atoms with Gasteiger partial charge in [-0.05, 0) is 5.92 Å². The summed E-state index contributed by atoms with van der Waals surface area (Å²) < 4.78 is 4.87. The quantitative estimate of drug-likeness (QED) is 0.702. The summed E-state index contributed by atoms with van der Waals surface area (Å²) in [6, 6.07) is 0. The number of carbonyl (C=O) groups excluding carboxylic acids is 1. The number of ether oxygens (including phenoxy) is 1. The van der Waals surface area contributed by atoms with E-state index < -0.39 is 5.97 Å². The molecular weight excluding hydrogens is 190 g/mol. The first-order valence-corrected chi connectivity index (χ1v) is 4.77. The molecule has 5 heteroatoms. The van der Waals surface area contributed by atoms with Crippen LogP contribution in [0.2, 0.25) is 0 Å². The zero-order chi connectivity index (χ0) is 9.84. The van der Waals surface area contributed by atoms with Gasteiger partial charge in [-0.2, -0.15) is 4.98 Å². The van der Waals surface area contributed by atoms with Gasteiger partial charge < -0.3 is 4.74 Å². The van der Waals surface area contributed by atoms with E-state index in [9.17, 15) is 9.90 Å². The van der Waals surface area contributed by atoms with Crippen LogP contribution in [0.25, 0.3) is 0 Å². The SMILES string of the molecule is CC(C)COC(=O)c1csc([O])n1. The lowest BCUT2D eigenvalue weighted by Gasteiger charge is -2.04. The third kappa shape index (κ3) is 3.02. The molecule has 0 fully saturated rings. The van der Waals surface area contributed by atoms with Gasteiger partial charge in [0.15, 0.2) is 5.69 Å². The highest BCUT2D eigenvalue weighted by Crippen LogP contribution is 2.17. The lowest BCUT2D eigenvalue weighted by molar-refractivity contribution is 0.0452. The minimum absolute atomic E-state index is 0.107. The highest BCUT2D eigenvalue weighted by Gasteiger charge is 2.12. The van der Waals surface area contributed by atoms with Gasteiger partial charge in [-0.1, -0.05) is 25.2 Å². The van der Waals surface area contributed by atoms with Crippen molar-refractivity contribution in [1.29, 1.82) is 0 Å². The van der Waals surface area contributed by atoms with Crippen molar-refractivity contribution in [2.45, 2.75) is 13.8 Å². The van der Waals surface area contributed by atoms with Crippen LogP contribution in [0.1, 0.15) is 24.3 Å². The van der Waals surface area contributed by atoms with Gasteiger partial charge in [0.25, 0.3) is 0 Å². The highest BCUT2D eigenvalue weighted by atomic mass is 32.1. The van der Waals surface area contributed by atoms with Crippen molar-refractivity contribution in [3.05, 3.63) is 11.1 Å². The van der Waals surface area contributed by atoms with Crippen molar-refractivity contribution in [1.82, 2.24) is 4.98 Å². The van der Waals surface area contributed by atoms with Gasteiger partial charge in [0.1, 0.15) is 0 Å². The Morgan fingerprint density at radius 1 is 1.69 bits per heavy atom. The van der Waals surface area contributed by atoms with Crippen molar-refractivity contribution in [2.75, 3.05) is 6.61 Å². The topological polar surface area (TPSA) is 59.1 Å². The molecule has 0 aliphatic rings. The van der Waals surface area contributed by atoms with E-state index in [1.165, 1.54) is 5.38 Å². The predicted octanol–water partition coefficient (Wildman–Crippen LogP) is 2.10. The van der Waals surface area contributed by atoms with Crippen molar-refractivity contribution >= 4 is 17.3 Å². The van der Waals surface area contributed by atoms with Gasteiger partial charge in [0, 0.05) is 5.38 Å². The molecular formula is C8H10NO3S. The smallest absolute Gasteiger partial charge is 0.357 e. The number of esters is 1. The first-order valence-electron chi connectivity index (χ1n) is 3.89. The summed E-state index contributed by atoms with van der Waals surface area (Å²) in [6.07, 6.45) is 0. The monoisotopic (exact) mass is 200 g/mol. The Balaban J connectivity index is 2.49. The zero-order valence-corrected chi connectivity index (χ0v) is 8.26. The van der Waals surface area contributed by atoms with Crippen LogP contribution < -0.4 is 0 Å². The lowest BCUT2D eigenvalue weighted by Crippen LogP contribution is -2.10. The molecule has 0 N–H and O–H groups in total. The van der Waals surface area contributed by atoms with Gasteiger partial charge in [0.05, 0.1) is 6.61 Å². The fourth-order valence-electron chi connectivity index (χ4n) is 0.667. The third-order valence-corrected chi connectivity index (χ3v) is 1.87. The van der Waals surface area contributed by atoms with Crippen LogP contribution in [0.15, 0.2) is 5.38 Å². The summed E-state index contributed by atoms with van der Waals surface area (Å²) in [7, 11) is 0. The molecule has 0 atom stereocenters. The van der Waals surface area contributed by atoms with Crippen molar-refractivity contribution in [3.8, 4) is 5.19 Å². The number of nitrogens with zero attached hydrogens (tertiary/aromatic N) is 1. The fourth-order valence-corrected chi connectivity index (χ4v) is 1.18. The summed E-state index contributed by atoms with van der Waals surface area (Å²) in [5.41, 5.74) is 0.107. The molecule has 1 radical (unpaired) electrons. The maximum absolute atomic E-state index is 11.1. The van der Waals surface area contributed by atoms with Crippen LogP contribution >= 0.6 is 11.3 Å². The van der Waals surface area contributed by atoms with Crippen LogP contribution in [0.4, 0.5) is 0 Å². The Hall–Kier alpha value is -1.10. The Morgan fingerprint density at radius 3 is 2.85 bits per heavy atom. The Kier molecular flexibility index (Phi) is 3.25. The van der Waals surface area contributed by atoms with E-state index in [1.807, 2.05) is 13.8 Å². The molecule has 0 unspecified atom stereocenters. The first kappa shape index (κ1) is 9.98. The minimum Gasteiger partial charge on any atom is -0.461 e. The molecule has 0 bridgehead atoms. The normalized spacial score (nSPS) is 10.4. The van der Waals surface area contributed by atoms with Crippen LogP contribution in [-0.4, -0.2) is 17.6 Å². The maximum atomic E-state index is 11.1. The van der Waals surface area contributed by atoms with Crippen LogP contribution in [-0.2, 0) is 9.84 Å². The molecule has 13 heavy (non-hydrogen) atoms. The standard InChI is InChI=1S/C8H10NO3S/c1-5(2)3-12-7(10)6-4-13-8(11)9-6/h4-5H,3H2,1-2H3. The fraction of sp³-hybridized carbons (Fsp3) is 0.500. The first-order chi connectivity index (χ1) is 6.09. The van der Waals surface area contributed by atoms with E-state index in [-0.39, 0.29) is 16.8 Å². The van der Waals surface area contributed by atoms with E-state index in [1.54, 1.807) is 0 Å². The Labute approximate surface area is 80.2 Å². The molecule has 71 valence electrons. The summed E-state index contributed by atoms with van der Waals surface area (Å²) >= 11 is 0.899. The number of hydrogen-bond acceptors (Lipinski definition) is 4. The van der Waals surface area contributed by atoms with Crippen molar-refractivity contribution < 1.29 is 14.6 Å². The average molecular weight is 200 g/mol. The summed E-state index contributed by atoms with van der Waals surface area (Å²) in [5, 5.41) is 11.7. The third-order valence-electron chi connectivity index (χ3n) is 1.24. The molecule has 0 saturated carbocycles. The molecule has 0 amide bonds. The number of hydrogen-bond donors (Lipinski definition) is 0. The predicted molar refractivity (Wildman–Crippen MR) is 47.4 cm³/mol. The Bertz CT molecular complexity index is 295. The molecule has 0 aliphatic heterocycles. The van der Waals surface area contributed by atoms with Gasteiger partial charge >= 0.3 is 11.2 Å². The highest BCUT2D eigenvalue weighted by molar-refractivity contribution is 7.11. The molecule has 1 rings (SSSR count). The minimum atomic E-state index is -0.521. The number of thiazole rings is 1. The largest absolute Gasteiger partial charge is 0.461 e. The molecule has 0 spiro atoms. The molecule has 4 nitrogen and oxygen atoms in total. The van der Waals surface area contributed by atoms with Crippen LogP contribution in [0.3, 0.4) is 0 Å². The van der Waals surface area contributed by atoms with E-state index >= 15 is 0 Å². The van der Waals surface area contributed by atoms with E-state index in [2.05, 4.69) is 4.98 Å². The van der Waals surface area contributed by atoms with Gasteiger partial charge in [0.2, 0.25) is 0 Å². The summed E-state index contributed by atoms with van der Waals surface area (Å²) in [6.45, 7) is 4.23. The van der Waals surface area contributed by atoms with Crippen molar-refractivity contribution in [3.63, 3.8) is 0 Å². The average Bonchev–Trinajstić information content (AvgIpc) is 2.47. The van der Waals surface area contributed by atoms with E-state index in [0.717, 1.165) is 11.3 Å². The van der Waals surface area contributed by atoms with E-state index in [0.29, 0.717) is 6.61 Å². The molecule has 0 saturated heterocycles. The maximum Gasteiger partial charge on any atom is 0.357 e. The number of carbonyl (C=O) groups is 1. The molecule has 1 heterocycles. The second-order valence-corrected chi connectivity index (χ2v) is 3.81. The summed E-state index contributed by atoms with van der Waals surface area (Å²) in [4.78, 5) is 14.6. The second-order valence-electron chi connectivity index (χ2n) is 2.99. The number of rotatable bonds is 3. The van der Waals surface area contributed by atoms with Crippen molar-refractivity contribution in [2.24, 2.45) is 5.92 Å². The zero-order valence-electron chi connectivity index (χ0n) is 7.44. The molecule has 0 aromatic carbocycles. The van der Waals surface area contributed by atoms with E-state index in [4.69, 9.17) is 4.74 Å². The molecule has 0 aliphatic carbocycles. The van der Waals surface area contributed by atoms with Crippen LogP contribution in [0.5, 0.6) is 5.19 Å². The second kappa shape index (κ2) is 4.23. The van der Waals surface area contributed by atoms with Crippen LogP contribution in [0, 0.1) is 5.92 Å². The number of aromatic nitrogens is 1. The molecule has 1 aromatic rings. The Morgan fingerprint density at radius 2 is 2.38 bits per heavy atom. The summed E-state index contributed by atoms with van der Waals surface area (Å²) in [5.74, 6) is -0.235. The molecule has 1 aromatic heterocycles.